The van der Waals surface area contributed by atoms with E-state index in [-0.39, 0.29) is 0 Å². The van der Waals surface area contributed by atoms with Gasteiger partial charge in [0.2, 0.25) is 0 Å². The molecule has 0 fully saturated rings. The summed E-state index contributed by atoms with van der Waals surface area (Å²) in [6.07, 6.45) is 3.98. The number of nitriles is 2. The van der Waals surface area contributed by atoms with Crippen LogP contribution in [0.25, 0.3) is 126 Å². The molecule has 1 aliphatic carbocycles. The summed E-state index contributed by atoms with van der Waals surface area (Å²) >= 11 is 1.67. The van der Waals surface area contributed by atoms with E-state index < -0.39 is 5.41 Å². The molecule has 0 radical (unpaired) electrons. The Morgan fingerprint density at radius 2 is 0.776 bits per heavy atom. The first kappa shape index (κ1) is 54.0. The standard InChI is InChI=1S/C86H46N10OS/c1-89-52-28-36-76-64(40-52)62-18-6-11-23-74(62)96(76)57-43-69-85(91-49-57)84-68(42-56(48-90-84)95-72-21-9-4-16-60(72)61-17-5-10-22-73(61)95)86(69)66-32-29-54(92-70-19-7-2-14-58(70)59-15-3-8-20-71(59)92)44-80(66)97-81-45-55(30-33-67(81)86)93-75-34-26-50(46-87)38-63(75)65-41-53(31-37-77(65)93)94-78-24-12-13-25-82(78)98-83-39-51(47-88)27-35-79(83)94/h2-45,48-49H. The Hall–Kier alpha value is -13.4. The van der Waals surface area contributed by atoms with Gasteiger partial charge in [-0.2, -0.15) is 10.5 Å². The SMILES string of the molecule is [C-]#[N+]c1ccc2c(c1)c1ccccc1n2-c1cnc2c(c1)C1(c3ccc(-n4c5ccccc5c5ccccc54)cc3Oc3cc(-n4c5ccc(C#N)cc5c5cc(N6c7ccccc7Sc7cc(C#N)ccc76)ccc54)ccc31)c1cc(-n3c4ccccc4c4ccccc43)cnc1-2. The minimum absolute atomic E-state index is 0.553. The lowest BCUT2D eigenvalue weighted by atomic mass is 9.66. The molecule has 12 heteroatoms. The fourth-order valence-corrected chi connectivity index (χ4v) is 17.6. The fourth-order valence-electron chi connectivity index (χ4n) is 16.5. The molecule has 0 saturated heterocycles. The van der Waals surface area contributed by atoms with Gasteiger partial charge in [0, 0.05) is 98.9 Å². The third-order valence-electron chi connectivity index (χ3n) is 20.5. The van der Waals surface area contributed by atoms with E-state index in [0.29, 0.717) is 28.3 Å². The highest BCUT2D eigenvalue weighted by molar-refractivity contribution is 7.99. The van der Waals surface area contributed by atoms with Gasteiger partial charge < -0.3 is 27.9 Å². The Kier molecular flexibility index (Phi) is 11.0. The van der Waals surface area contributed by atoms with Gasteiger partial charge in [0.05, 0.1) is 126 Å². The number of hydrogen-bond acceptors (Lipinski definition) is 7. The lowest BCUT2D eigenvalue weighted by Crippen LogP contribution is -2.32. The van der Waals surface area contributed by atoms with Crippen molar-refractivity contribution in [2.24, 2.45) is 0 Å². The minimum atomic E-state index is -1.11. The predicted molar refractivity (Wildman–Crippen MR) is 391 cm³/mol. The molecule has 98 heavy (non-hydrogen) atoms. The Morgan fingerprint density at radius 1 is 0.357 bits per heavy atom. The van der Waals surface area contributed by atoms with Crippen LogP contribution >= 0.6 is 11.8 Å². The maximum atomic E-state index is 10.6. The van der Waals surface area contributed by atoms with Crippen molar-refractivity contribution < 1.29 is 4.74 Å². The molecule has 0 bridgehead atoms. The third kappa shape index (κ3) is 7.29. The van der Waals surface area contributed by atoms with Crippen LogP contribution in [-0.2, 0) is 5.41 Å². The zero-order valence-electron chi connectivity index (χ0n) is 51.8. The van der Waals surface area contributed by atoms with Crippen LogP contribution in [0.3, 0.4) is 0 Å². The quantitative estimate of drug-likeness (QED) is 0.158. The van der Waals surface area contributed by atoms with Crippen LogP contribution in [0.2, 0.25) is 0 Å². The number of aromatic nitrogens is 6. The van der Waals surface area contributed by atoms with Gasteiger partial charge in [0.1, 0.15) is 11.5 Å². The van der Waals surface area contributed by atoms with E-state index in [1.807, 2.05) is 54.9 Å². The minimum Gasteiger partial charge on any atom is -0.457 e. The van der Waals surface area contributed by atoms with Crippen molar-refractivity contribution in [3.8, 4) is 57.8 Å². The molecule has 8 heterocycles. The summed E-state index contributed by atoms with van der Waals surface area (Å²) in [5.74, 6) is 1.33. The van der Waals surface area contributed by atoms with E-state index in [9.17, 15) is 10.5 Å². The number of hydrogen-bond donors (Lipinski definition) is 0. The molecule has 11 nitrogen and oxygen atoms in total. The van der Waals surface area contributed by atoms with Crippen molar-refractivity contribution in [2.45, 2.75) is 15.2 Å². The van der Waals surface area contributed by atoms with Gasteiger partial charge in [-0.15, -0.1) is 0 Å². The Labute approximate surface area is 563 Å². The van der Waals surface area contributed by atoms with Crippen LogP contribution in [0.5, 0.6) is 11.5 Å². The van der Waals surface area contributed by atoms with Crippen LogP contribution in [-0.4, -0.2) is 28.2 Å². The van der Waals surface area contributed by atoms with Crippen LogP contribution in [0.15, 0.2) is 289 Å². The maximum absolute atomic E-state index is 10.6. The third-order valence-corrected chi connectivity index (χ3v) is 21.6. The van der Waals surface area contributed by atoms with Crippen molar-refractivity contribution in [3.63, 3.8) is 0 Å². The topological polar surface area (TPSA) is 110 Å². The first-order valence-corrected chi connectivity index (χ1v) is 33.2. The van der Waals surface area contributed by atoms with Crippen molar-refractivity contribution >= 4 is 122 Å². The lowest BCUT2D eigenvalue weighted by molar-refractivity contribution is 0.436. The molecular formula is C86H46N10OS. The summed E-state index contributed by atoms with van der Waals surface area (Å²) in [6.45, 7) is 8.04. The molecular weight excluding hydrogens is 1220 g/mol. The van der Waals surface area contributed by atoms with Gasteiger partial charge in [-0.3, -0.25) is 9.97 Å². The molecule has 18 aromatic rings. The highest BCUT2D eigenvalue weighted by atomic mass is 32.2. The highest BCUT2D eigenvalue weighted by Gasteiger charge is 2.53. The van der Waals surface area contributed by atoms with Gasteiger partial charge >= 0.3 is 0 Å². The lowest BCUT2D eigenvalue weighted by Gasteiger charge is -2.39. The molecule has 1 spiro atoms. The molecule has 1 unspecified atom stereocenters. The highest BCUT2D eigenvalue weighted by Crippen LogP contribution is 2.63. The largest absolute Gasteiger partial charge is 0.457 e. The Balaban J connectivity index is 0.847. The molecule has 3 aliphatic rings. The van der Waals surface area contributed by atoms with Crippen LogP contribution < -0.4 is 9.64 Å². The molecule has 0 amide bonds. The van der Waals surface area contributed by atoms with Gasteiger partial charge in [0.25, 0.3) is 0 Å². The van der Waals surface area contributed by atoms with E-state index >= 15 is 0 Å². The van der Waals surface area contributed by atoms with Gasteiger partial charge in [0.15, 0.2) is 5.69 Å². The van der Waals surface area contributed by atoms with Gasteiger partial charge in [-0.05, 0) is 139 Å². The molecule has 6 aromatic heterocycles. The maximum Gasteiger partial charge on any atom is 0.188 e. The first-order valence-electron chi connectivity index (χ1n) is 32.4. The Bertz CT molecular complexity index is 6680. The number of rotatable bonds is 5. The zero-order chi connectivity index (χ0) is 64.6. The van der Waals surface area contributed by atoms with Gasteiger partial charge in [-0.25, -0.2) is 4.85 Å². The van der Waals surface area contributed by atoms with E-state index in [2.05, 4.69) is 265 Å². The number of nitrogens with zero attached hydrogens (tertiary/aromatic N) is 10. The second kappa shape index (κ2) is 20.0. The number of benzene rings is 12. The van der Waals surface area contributed by atoms with Gasteiger partial charge in [-0.1, -0.05) is 133 Å². The van der Waals surface area contributed by atoms with Crippen molar-refractivity contribution in [1.29, 1.82) is 10.5 Å². The summed E-state index contributed by atoms with van der Waals surface area (Å²) in [5, 5.41) is 29.1. The second-order valence-corrected chi connectivity index (χ2v) is 26.5. The van der Waals surface area contributed by atoms with Crippen LogP contribution in [0.1, 0.15) is 33.4 Å². The summed E-state index contributed by atoms with van der Waals surface area (Å²) in [4.78, 5) is 19.4. The van der Waals surface area contributed by atoms with E-state index in [1.165, 1.54) is 0 Å². The van der Waals surface area contributed by atoms with Crippen molar-refractivity contribution in [3.05, 3.63) is 324 Å². The monoisotopic (exact) mass is 1270 g/mol. The summed E-state index contributed by atoms with van der Waals surface area (Å²) in [7, 11) is 0. The number of ether oxygens (including phenoxy) is 1. The summed E-state index contributed by atoms with van der Waals surface area (Å²) in [5.41, 5.74) is 20.5. The molecule has 0 saturated carbocycles. The average Bonchev–Trinajstić information content (AvgIpc) is 1.48. The summed E-state index contributed by atoms with van der Waals surface area (Å²) in [6, 6.07) is 98.5. The number of pyridine rings is 2. The fraction of sp³-hybridized carbons (Fsp3) is 0.0116. The smallest absolute Gasteiger partial charge is 0.188 e. The van der Waals surface area contributed by atoms with E-state index in [0.717, 1.165) is 170 Å². The molecule has 21 rings (SSSR count). The second-order valence-electron chi connectivity index (χ2n) is 25.4. The predicted octanol–water partition coefficient (Wildman–Crippen LogP) is 21.6. The van der Waals surface area contributed by atoms with E-state index in [1.54, 1.807) is 11.8 Å². The molecule has 12 aromatic carbocycles. The molecule has 2 aliphatic heterocycles. The number of para-hydroxylation sites is 6. The molecule has 452 valence electrons. The zero-order valence-corrected chi connectivity index (χ0v) is 52.7. The van der Waals surface area contributed by atoms with Crippen LogP contribution in [0.4, 0.5) is 22.7 Å². The van der Waals surface area contributed by atoms with Crippen molar-refractivity contribution in [2.75, 3.05) is 4.90 Å². The van der Waals surface area contributed by atoms with Crippen molar-refractivity contribution in [1.82, 2.24) is 28.2 Å². The molecule has 0 N–H and O–H groups in total. The molecule has 1 atom stereocenters. The average molecular weight is 1270 g/mol. The van der Waals surface area contributed by atoms with Crippen LogP contribution in [0, 0.1) is 29.2 Å². The normalized spacial score (nSPS) is 14.2. The van der Waals surface area contributed by atoms with E-state index in [4.69, 9.17) is 21.3 Å². The number of fused-ring (bicyclic) bond motifs is 23. The first-order chi connectivity index (χ1) is 48.4. The Morgan fingerprint density at radius 3 is 1.32 bits per heavy atom. The summed E-state index contributed by atoms with van der Waals surface area (Å²) < 4.78 is 17.0. The number of anilines is 3.